The molecule has 0 N–H and O–H groups in total. The smallest absolute Gasteiger partial charge is 0.119 e. The number of benzene rings is 3. The van der Waals surface area contributed by atoms with Crippen molar-refractivity contribution in [3.63, 3.8) is 0 Å². The molecule has 3 rings (SSSR count). The third-order valence-corrected chi connectivity index (χ3v) is 4.50. The van der Waals surface area contributed by atoms with E-state index in [1.807, 2.05) is 13.0 Å². The van der Waals surface area contributed by atoms with Crippen LogP contribution < -0.4 is 4.74 Å². The first-order valence-corrected chi connectivity index (χ1v) is 9.56. The maximum absolute atomic E-state index is 5.56. The molecule has 0 spiro atoms. The summed E-state index contributed by atoms with van der Waals surface area (Å²) in [6.45, 7) is 4.93. The lowest BCUT2D eigenvalue weighted by molar-refractivity contribution is 0.341. The topological polar surface area (TPSA) is 9.23 Å². The van der Waals surface area contributed by atoms with E-state index in [9.17, 15) is 0 Å². The minimum atomic E-state index is 0.687. The summed E-state index contributed by atoms with van der Waals surface area (Å²) >= 11 is 0. The fourth-order valence-electron chi connectivity index (χ4n) is 3.04. The van der Waals surface area contributed by atoms with Crippen molar-refractivity contribution in [1.82, 2.24) is 0 Å². The van der Waals surface area contributed by atoms with Gasteiger partial charge in [-0.25, -0.2) is 0 Å². The lowest BCUT2D eigenvalue weighted by Crippen LogP contribution is -1.90. The third kappa shape index (κ3) is 4.90. The Morgan fingerprint density at radius 1 is 0.731 bits per heavy atom. The first kappa shape index (κ1) is 18.1. The number of aryl methyl sites for hydroxylation is 1. The molecule has 0 heterocycles. The second-order valence-corrected chi connectivity index (χ2v) is 6.56. The molecule has 3 aromatic carbocycles. The molecule has 0 saturated carbocycles. The highest BCUT2D eigenvalue weighted by Crippen LogP contribution is 2.22. The maximum atomic E-state index is 5.56. The minimum Gasteiger partial charge on any atom is -0.494 e. The molecule has 0 atom stereocenters. The molecule has 0 saturated heterocycles. The van der Waals surface area contributed by atoms with Crippen LogP contribution in [0.2, 0.25) is 0 Å². The lowest BCUT2D eigenvalue weighted by atomic mass is 10.0. The summed E-state index contributed by atoms with van der Waals surface area (Å²) in [5.74, 6) is 7.48. The molecule has 0 fully saturated rings. The van der Waals surface area contributed by atoms with Crippen LogP contribution in [0.4, 0.5) is 0 Å². The van der Waals surface area contributed by atoms with Crippen molar-refractivity contribution in [2.45, 2.75) is 39.5 Å². The minimum absolute atomic E-state index is 0.687. The second-order valence-electron chi connectivity index (χ2n) is 6.56. The van der Waals surface area contributed by atoms with Crippen molar-refractivity contribution < 1.29 is 4.74 Å². The summed E-state index contributed by atoms with van der Waals surface area (Å²) < 4.78 is 5.56. The van der Waals surface area contributed by atoms with E-state index in [2.05, 4.69) is 73.4 Å². The average Bonchev–Trinajstić information content (AvgIpc) is 2.68. The number of unbranched alkanes of at least 4 members (excludes halogenated alkanes) is 2. The van der Waals surface area contributed by atoms with Crippen LogP contribution in [0.15, 0.2) is 60.7 Å². The Labute approximate surface area is 157 Å². The van der Waals surface area contributed by atoms with Crippen LogP contribution in [-0.4, -0.2) is 6.61 Å². The van der Waals surface area contributed by atoms with Gasteiger partial charge in [0.15, 0.2) is 0 Å². The monoisotopic (exact) mass is 342 g/mol. The van der Waals surface area contributed by atoms with Gasteiger partial charge in [0.25, 0.3) is 0 Å². The predicted molar refractivity (Wildman–Crippen MR) is 111 cm³/mol. The van der Waals surface area contributed by atoms with E-state index in [4.69, 9.17) is 4.74 Å². The summed E-state index contributed by atoms with van der Waals surface area (Å²) in [7, 11) is 0. The quantitative estimate of drug-likeness (QED) is 0.373. The largest absolute Gasteiger partial charge is 0.494 e. The van der Waals surface area contributed by atoms with Crippen molar-refractivity contribution in [1.29, 1.82) is 0 Å². The Kier molecular flexibility index (Phi) is 6.34. The van der Waals surface area contributed by atoms with Gasteiger partial charge < -0.3 is 4.74 Å². The standard InChI is InChI=1S/C25H26O/c1-3-5-6-7-20-8-10-21(11-9-20)12-13-22-14-15-24-19-25(26-4-2)17-16-23(24)18-22/h8-11,14-19H,3-7H2,1-2H3. The van der Waals surface area contributed by atoms with Gasteiger partial charge >= 0.3 is 0 Å². The fraction of sp³-hybridized carbons (Fsp3) is 0.280. The number of hydrogen-bond acceptors (Lipinski definition) is 1. The van der Waals surface area contributed by atoms with Crippen molar-refractivity contribution in [2.75, 3.05) is 6.61 Å². The van der Waals surface area contributed by atoms with Crippen LogP contribution in [0, 0.1) is 11.8 Å². The molecule has 0 radical (unpaired) electrons. The van der Waals surface area contributed by atoms with E-state index in [0.29, 0.717) is 6.61 Å². The summed E-state index contributed by atoms with van der Waals surface area (Å²) in [6, 6.07) is 21.2. The van der Waals surface area contributed by atoms with E-state index >= 15 is 0 Å². The Bertz CT molecular complexity index is 910. The van der Waals surface area contributed by atoms with Gasteiger partial charge in [-0.3, -0.25) is 0 Å². The van der Waals surface area contributed by atoms with Crippen LogP contribution in [0.3, 0.4) is 0 Å². The maximum Gasteiger partial charge on any atom is 0.119 e. The van der Waals surface area contributed by atoms with Gasteiger partial charge in [-0.1, -0.05) is 55.9 Å². The van der Waals surface area contributed by atoms with E-state index in [0.717, 1.165) is 23.3 Å². The molecule has 3 aromatic rings. The molecule has 0 bridgehead atoms. The van der Waals surface area contributed by atoms with Crippen LogP contribution in [0.5, 0.6) is 5.75 Å². The normalized spacial score (nSPS) is 10.4. The SMILES string of the molecule is CCCCCc1ccc(C#Cc2ccc3cc(OCC)ccc3c2)cc1. The highest BCUT2D eigenvalue weighted by molar-refractivity contribution is 5.85. The van der Waals surface area contributed by atoms with Gasteiger partial charge in [0.2, 0.25) is 0 Å². The summed E-state index contributed by atoms with van der Waals surface area (Å²) in [5.41, 5.74) is 3.50. The van der Waals surface area contributed by atoms with Crippen molar-refractivity contribution in [3.8, 4) is 17.6 Å². The molecule has 0 aliphatic carbocycles. The van der Waals surface area contributed by atoms with E-state index < -0.39 is 0 Å². The molecule has 0 unspecified atom stereocenters. The average molecular weight is 342 g/mol. The molecule has 0 amide bonds. The van der Waals surface area contributed by atoms with Crippen LogP contribution in [-0.2, 0) is 6.42 Å². The second kappa shape index (κ2) is 9.11. The zero-order valence-corrected chi connectivity index (χ0v) is 15.7. The number of ether oxygens (including phenoxy) is 1. The highest BCUT2D eigenvalue weighted by atomic mass is 16.5. The van der Waals surface area contributed by atoms with Gasteiger partial charge in [0, 0.05) is 11.1 Å². The number of fused-ring (bicyclic) bond motifs is 1. The van der Waals surface area contributed by atoms with Crippen LogP contribution >= 0.6 is 0 Å². The Morgan fingerprint density at radius 2 is 1.42 bits per heavy atom. The summed E-state index contributed by atoms with van der Waals surface area (Å²) in [4.78, 5) is 0. The molecule has 0 aromatic heterocycles. The van der Waals surface area contributed by atoms with Crippen molar-refractivity contribution in [3.05, 3.63) is 77.4 Å². The number of hydrogen-bond donors (Lipinski definition) is 0. The van der Waals surface area contributed by atoms with Crippen LogP contribution in [0.1, 0.15) is 49.8 Å². The highest BCUT2D eigenvalue weighted by Gasteiger charge is 1.98. The number of rotatable bonds is 6. The molecule has 0 aliphatic heterocycles. The molecule has 1 nitrogen and oxygen atoms in total. The Hall–Kier alpha value is -2.72. The van der Waals surface area contributed by atoms with Gasteiger partial charge in [-0.05, 0) is 72.5 Å². The zero-order chi connectivity index (χ0) is 18.2. The Morgan fingerprint density at radius 3 is 2.19 bits per heavy atom. The fourth-order valence-corrected chi connectivity index (χ4v) is 3.04. The predicted octanol–water partition coefficient (Wildman–Crippen LogP) is 6.37. The van der Waals surface area contributed by atoms with Gasteiger partial charge in [0.05, 0.1) is 6.61 Å². The first-order chi connectivity index (χ1) is 12.8. The molecular weight excluding hydrogens is 316 g/mol. The van der Waals surface area contributed by atoms with Crippen molar-refractivity contribution >= 4 is 10.8 Å². The van der Waals surface area contributed by atoms with E-state index in [1.54, 1.807) is 0 Å². The van der Waals surface area contributed by atoms with Gasteiger partial charge in [0.1, 0.15) is 5.75 Å². The molecule has 0 aliphatic rings. The van der Waals surface area contributed by atoms with E-state index in [1.165, 1.54) is 35.6 Å². The summed E-state index contributed by atoms with van der Waals surface area (Å²) in [6.07, 6.45) is 5.00. The lowest BCUT2D eigenvalue weighted by Gasteiger charge is -2.04. The molecule has 1 heteroatoms. The first-order valence-electron chi connectivity index (χ1n) is 9.56. The van der Waals surface area contributed by atoms with E-state index in [-0.39, 0.29) is 0 Å². The van der Waals surface area contributed by atoms with Gasteiger partial charge in [-0.2, -0.15) is 0 Å². The van der Waals surface area contributed by atoms with Crippen molar-refractivity contribution in [2.24, 2.45) is 0 Å². The Balaban J connectivity index is 1.71. The molecule has 26 heavy (non-hydrogen) atoms. The third-order valence-electron chi connectivity index (χ3n) is 4.50. The van der Waals surface area contributed by atoms with Gasteiger partial charge in [-0.15, -0.1) is 0 Å². The molecular formula is C25H26O. The summed E-state index contributed by atoms with van der Waals surface area (Å²) in [5, 5.41) is 2.37. The molecule has 132 valence electrons. The van der Waals surface area contributed by atoms with Crippen LogP contribution in [0.25, 0.3) is 10.8 Å². The zero-order valence-electron chi connectivity index (χ0n) is 15.7.